The molecule has 1 radical (unpaired) electrons. The third-order valence-corrected chi connectivity index (χ3v) is 3.39. The molecule has 3 unspecified atom stereocenters. The molecule has 1 aliphatic heterocycles. The van der Waals surface area contributed by atoms with Crippen molar-refractivity contribution in [3.8, 4) is 0 Å². The maximum atomic E-state index is 10.0. The van der Waals surface area contributed by atoms with Gasteiger partial charge in [-0.05, 0) is 13.8 Å². The molecule has 1 saturated heterocycles. The molecule has 5 atom stereocenters. The van der Waals surface area contributed by atoms with Gasteiger partial charge in [0.05, 0.1) is 18.8 Å². The number of rotatable bonds is 4. The third-order valence-electron chi connectivity index (χ3n) is 3.39. The first-order valence-corrected chi connectivity index (χ1v) is 6.30. The smallest absolute Gasteiger partial charge is 0.163 e. The van der Waals surface area contributed by atoms with Crippen molar-refractivity contribution in [2.45, 2.75) is 46.2 Å². The molecule has 0 spiro atoms. The van der Waals surface area contributed by atoms with Crippen molar-refractivity contribution in [2.24, 2.45) is 11.8 Å². The molecule has 0 aliphatic carbocycles. The summed E-state index contributed by atoms with van der Waals surface area (Å²) in [6.07, 6.45) is 7.15. The fourth-order valence-corrected chi connectivity index (χ4v) is 1.96. The third kappa shape index (κ3) is 5.43. The first-order valence-electron chi connectivity index (χ1n) is 6.30. The molecular weight excluding hydrogens is 443 g/mol. The summed E-state index contributed by atoms with van der Waals surface area (Å²) >= 11 is 0. The number of aliphatic hydroxyl groups excluding tert-OH is 1. The molecule has 1 fully saturated rings. The normalized spacial score (nSPS) is 37.1. The summed E-state index contributed by atoms with van der Waals surface area (Å²) in [7, 11) is 0. The Morgan fingerprint density at radius 3 is 2.44 bits per heavy atom. The second-order valence-electron chi connectivity index (χ2n) is 4.71. The Hall–Kier alpha value is 0.802. The molecule has 101 valence electrons. The number of ether oxygens (including phenoxy) is 2. The van der Waals surface area contributed by atoms with E-state index in [1.165, 1.54) is 0 Å². The second kappa shape index (κ2) is 9.67. The summed E-state index contributed by atoms with van der Waals surface area (Å²) < 4.78 is 11.4. The van der Waals surface area contributed by atoms with Gasteiger partial charge >= 0.3 is 0 Å². The number of aliphatic hydroxyl groups is 1. The molecule has 0 amide bonds. The second-order valence-corrected chi connectivity index (χ2v) is 4.71. The molecule has 1 aliphatic rings. The maximum absolute atomic E-state index is 10.0. The predicted molar refractivity (Wildman–Crippen MR) is 68.6 cm³/mol. The average molecular weight is 467 g/mol. The summed E-state index contributed by atoms with van der Waals surface area (Å²) in [4.78, 5) is 0. The van der Waals surface area contributed by atoms with E-state index in [-0.39, 0.29) is 74.4 Å². The van der Waals surface area contributed by atoms with Gasteiger partial charge in [-0.1, -0.05) is 38.2 Å². The largest absolute Gasteiger partial charge is 0.392 e. The number of hydrogen-bond acceptors (Lipinski definition) is 3. The van der Waals surface area contributed by atoms with Crippen LogP contribution in [0.15, 0.2) is 24.3 Å². The van der Waals surface area contributed by atoms with E-state index in [1.54, 1.807) is 0 Å². The number of hydrogen-bond donors (Lipinski definition) is 1. The molecule has 4 heteroatoms. The van der Waals surface area contributed by atoms with E-state index in [1.807, 2.05) is 52.0 Å². The van der Waals surface area contributed by atoms with Gasteiger partial charge in [-0.3, -0.25) is 0 Å². The molecule has 0 aromatic rings. The molecule has 0 bridgehead atoms. The van der Waals surface area contributed by atoms with Gasteiger partial charge in [-0.25, -0.2) is 0 Å². The summed E-state index contributed by atoms with van der Waals surface area (Å²) in [6, 6.07) is 0. The summed E-state index contributed by atoms with van der Waals surface area (Å²) in [5.74, 6) is 0.166. The zero-order valence-electron chi connectivity index (χ0n) is 11.7. The van der Waals surface area contributed by atoms with E-state index in [0.717, 1.165) is 0 Å². The van der Waals surface area contributed by atoms with Gasteiger partial charge < -0.3 is 14.6 Å². The molecule has 0 saturated carbocycles. The Kier molecular flexibility index (Phi) is 10.1. The van der Waals surface area contributed by atoms with Crippen LogP contribution in [-0.2, 0) is 9.47 Å². The van der Waals surface area contributed by atoms with Crippen LogP contribution >= 0.6 is 0 Å². The van der Waals surface area contributed by atoms with E-state index in [9.17, 15) is 5.11 Å². The Morgan fingerprint density at radius 2 is 1.83 bits per heavy atom. The van der Waals surface area contributed by atoms with Crippen LogP contribution in [0, 0.1) is 55.9 Å². The van der Waals surface area contributed by atoms with Crippen LogP contribution < -0.4 is 0 Å². The van der Waals surface area contributed by atoms with Crippen LogP contribution in [0.3, 0.4) is 0 Å². The summed E-state index contributed by atoms with van der Waals surface area (Å²) in [5, 5.41) is 10.0. The van der Waals surface area contributed by atoms with Crippen molar-refractivity contribution in [3.63, 3.8) is 0 Å². The Labute approximate surface area is 146 Å². The summed E-state index contributed by atoms with van der Waals surface area (Å²) in [6.45, 7) is 8.43. The first kappa shape index (κ1) is 18.8. The van der Waals surface area contributed by atoms with Crippen molar-refractivity contribution >= 4 is 0 Å². The SMILES string of the molecule is C/C=C/C=C/CO[C@@H]1OC(C)[C@H](C)C(O)C1C.[Ac]. The van der Waals surface area contributed by atoms with Gasteiger partial charge in [0, 0.05) is 55.9 Å². The van der Waals surface area contributed by atoms with Gasteiger partial charge in [-0.15, -0.1) is 0 Å². The first-order chi connectivity index (χ1) is 8.07. The molecule has 1 rings (SSSR count). The Morgan fingerprint density at radius 1 is 1.17 bits per heavy atom. The maximum Gasteiger partial charge on any atom is 0.163 e. The van der Waals surface area contributed by atoms with E-state index in [4.69, 9.17) is 9.47 Å². The van der Waals surface area contributed by atoms with Crippen LogP contribution in [0.2, 0.25) is 0 Å². The molecule has 1 heterocycles. The fraction of sp³-hybridized carbons (Fsp3) is 0.714. The average Bonchev–Trinajstić information content (AvgIpc) is 2.32. The van der Waals surface area contributed by atoms with Gasteiger partial charge in [-0.2, -0.15) is 0 Å². The zero-order valence-corrected chi connectivity index (χ0v) is 16.5. The van der Waals surface area contributed by atoms with Gasteiger partial charge in [0.2, 0.25) is 0 Å². The van der Waals surface area contributed by atoms with E-state index >= 15 is 0 Å². The molecule has 0 aromatic carbocycles. The van der Waals surface area contributed by atoms with Crippen LogP contribution in [-0.4, -0.2) is 30.2 Å². The molecule has 3 nitrogen and oxygen atoms in total. The van der Waals surface area contributed by atoms with Crippen LogP contribution in [0.5, 0.6) is 0 Å². The quantitative estimate of drug-likeness (QED) is 0.647. The minimum absolute atomic E-state index is 0. The van der Waals surface area contributed by atoms with Gasteiger partial charge in [0.15, 0.2) is 6.29 Å². The van der Waals surface area contributed by atoms with Crippen LogP contribution in [0.1, 0.15) is 27.7 Å². The monoisotopic (exact) mass is 467 g/mol. The predicted octanol–water partition coefficient (Wildman–Crippen LogP) is 2.51. The van der Waals surface area contributed by atoms with Crippen molar-refractivity contribution < 1.29 is 58.6 Å². The van der Waals surface area contributed by atoms with Crippen molar-refractivity contribution in [3.05, 3.63) is 24.3 Å². The summed E-state index contributed by atoms with van der Waals surface area (Å²) in [5.41, 5.74) is 0. The molecular formula is C14H24AcO3. The molecule has 18 heavy (non-hydrogen) atoms. The van der Waals surface area contributed by atoms with Crippen LogP contribution in [0.25, 0.3) is 0 Å². The topological polar surface area (TPSA) is 38.7 Å². The van der Waals surface area contributed by atoms with E-state index in [0.29, 0.717) is 6.61 Å². The number of allylic oxidation sites excluding steroid dienone is 3. The van der Waals surface area contributed by atoms with Gasteiger partial charge in [0.1, 0.15) is 0 Å². The molecule has 1 N–H and O–H groups in total. The Balaban J connectivity index is 0.00000289. The van der Waals surface area contributed by atoms with Crippen molar-refractivity contribution in [2.75, 3.05) is 6.61 Å². The van der Waals surface area contributed by atoms with Crippen molar-refractivity contribution in [1.29, 1.82) is 0 Å². The molecule has 0 aromatic heterocycles. The Bertz CT molecular complexity index is 278. The standard InChI is InChI=1S/C14H24O3.Ac/c1-5-6-7-8-9-16-14-11(3)13(15)10(2)12(4)17-14;/h5-8,10-15H,9H2,1-4H3;/b6-5+,8-7+;/t10-,11?,12?,13?,14+;/m0./s1. The minimum atomic E-state index is -0.358. The van der Waals surface area contributed by atoms with E-state index in [2.05, 4.69) is 0 Å². The van der Waals surface area contributed by atoms with E-state index < -0.39 is 0 Å². The fourth-order valence-electron chi connectivity index (χ4n) is 1.96. The minimum Gasteiger partial charge on any atom is -0.392 e. The zero-order chi connectivity index (χ0) is 12.8. The van der Waals surface area contributed by atoms with Crippen LogP contribution in [0.4, 0.5) is 0 Å². The van der Waals surface area contributed by atoms with Gasteiger partial charge in [0.25, 0.3) is 0 Å². The van der Waals surface area contributed by atoms with Crippen molar-refractivity contribution in [1.82, 2.24) is 0 Å².